The number of aromatic nitrogens is 1. The van der Waals surface area contributed by atoms with Gasteiger partial charge in [0, 0.05) is 43.4 Å². The maximum absolute atomic E-state index is 12.8. The second kappa shape index (κ2) is 10.1. The number of imide groups is 1. The van der Waals surface area contributed by atoms with Crippen LogP contribution in [0.1, 0.15) is 59.7 Å². The average Bonchev–Trinajstić information content (AvgIpc) is 3.11. The van der Waals surface area contributed by atoms with E-state index in [4.69, 9.17) is 4.98 Å². The molecule has 1 aromatic carbocycles. The minimum atomic E-state index is -0.363. The van der Waals surface area contributed by atoms with E-state index in [0.29, 0.717) is 19.4 Å². The molecule has 2 saturated heterocycles. The summed E-state index contributed by atoms with van der Waals surface area (Å²) >= 11 is 0. The Balaban J connectivity index is 1.36. The number of piperidine rings is 1. The van der Waals surface area contributed by atoms with Gasteiger partial charge < -0.3 is 10.2 Å². The number of benzene rings is 1. The van der Waals surface area contributed by atoms with E-state index in [2.05, 4.69) is 48.6 Å². The number of aryl methyl sites for hydroxylation is 2. The minimum Gasteiger partial charge on any atom is -0.342 e. The molecule has 0 aliphatic carbocycles. The monoisotopic (exact) mass is 448 g/mol. The normalized spacial score (nSPS) is 18.5. The Kier molecular flexibility index (Phi) is 7.06. The molecule has 7 heteroatoms. The van der Waals surface area contributed by atoms with Gasteiger partial charge in [0.05, 0.1) is 6.54 Å². The van der Waals surface area contributed by atoms with Crippen LogP contribution in [0.25, 0.3) is 0 Å². The smallest absolute Gasteiger partial charge is 0.324 e. The van der Waals surface area contributed by atoms with Crippen LogP contribution in [-0.4, -0.2) is 58.8 Å². The zero-order chi connectivity index (χ0) is 23.4. The molecule has 0 spiro atoms. The van der Waals surface area contributed by atoms with Gasteiger partial charge in [-0.3, -0.25) is 19.5 Å². The van der Waals surface area contributed by atoms with Crippen molar-refractivity contribution >= 4 is 17.8 Å². The van der Waals surface area contributed by atoms with E-state index in [1.54, 1.807) is 0 Å². The molecule has 1 atom stereocenters. The van der Waals surface area contributed by atoms with Crippen molar-refractivity contribution < 1.29 is 14.4 Å². The molecule has 1 aromatic heterocycles. The molecule has 2 fully saturated rings. The van der Waals surface area contributed by atoms with E-state index in [1.807, 2.05) is 11.8 Å². The van der Waals surface area contributed by atoms with Gasteiger partial charge in [0.2, 0.25) is 11.8 Å². The number of nitrogens with zero attached hydrogens (tertiary/aromatic N) is 3. The van der Waals surface area contributed by atoms with Crippen LogP contribution < -0.4 is 5.32 Å². The number of pyridine rings is 1. The van der Waals surface area contributed by atoms with Gasteiger partial charge in [-0.05, 0) is 62.8 Å². The van der Waals surface area contributed by atoms with Crippen molar-refractivity contribution in [3.8, 4) is 0 Å². The Bertz CT molecular complexity index is 1040. The fraction of sp³-hybridized carbons (Fsp3) is 0.462. The molecule has 1 N–H and O–H groups in total. The summed E-state index contributed by atoms with van der Waals surface area (Å²) in [7, 11) is 0. The van der Waals surface area contributed by atoms with Crippen molar-refractivity contribution in [3.05, 3.63) is 64.5 Å². The van der Waals surface area contributed by atoms with Gasteiger partial charge in [-0.2, -0.15) is 0 Å². The molecule has 33 heavy (non-hydrogen) atoms. The number of urea groups is 1. The molecule has 4 rings (SSSR count). The van der Waals surface area contributed by atoms with Crippen molar-refractivity contribution in [3.63, 3.8) is 0 Å². The van der Waals surface area contributed by atoms with Crippen LogP contribution in [-0.2, 0) is 16.0 Å². The first-order valence-electron chi connectivity index (χ1n) is 11.8. The fourth-order valence-corrected chi connectivity index (χ4v) is 4.81. The van der Waals surface area contributed by atoms with Crippen LogP contribution in [0.3, 0.4) is 0 Å². The highest BCUT2D eigenvalue weighted by atomic mass is 16.2. The van der Waals surface area contributed by atoms with Crippen molar-refractivity contribution in [2.45, 2.75) is 51.9 Å². The summed E-state index contributed by atoms with van der Waals surface area (Å²) in [6.45, 7) is 5.90. The minimum absolute atomic E-state index is 0.0515. The molecule has 2 aromatic rings. The Morgan fingerprint density at radius 3 is 2.76 bits per heavy atom. The Labute approximate surface area is 195 Å². The highest BCUT2D eigenvalue weighted by molar-refractivity contribution is 6.01. The molecular weight excluding hydrogens is 416 g/mol. The molecule has 7 nitrogen and oxygen atoms in total. The molecule has 2 aliphatic rings. The van der Waals surface area contributed by atoms with Crippen molar-refractivity contribution in [2.75, 3.05) is 26.2 Å². The number of carbonyl (C=O) groups is 3. The highest BCUT2D eigenvalue weighted by Gasteiger charge is 2.29. The van der Waals surface area contributed by atoms with E-state index < -0.39 is 0 Å². The molecule has 0 bridgehead atoms. The molecular formula is C26H32N4O3. The Morgan fingerprint density at radius 2 is 2.00 bits per heavy atom. The van der Waals surface area contributed by atoms with Crippen LogP contribution in [0, 0.1) is 13.8 Å². The number of carbonyl (C=O) groups excluding carboxylic acids is 3. The zero-order valence-electron chi connectivity index (χ0n) is 19.5. The summed E-state index contributed by atoms with van der Waals surface area (Å²) in [4.78, 5) is 44.1. The largest absolute Gasteiger partial charge is 0.342 e. The van der Waals surface area contributed by atoms with Crippen molar-refractivity contribution in [1.82, 2.24) is 20.1 Å². The second-order valence-corrected chi connectivity index (χ2v) is 9.19. The number of hydrogen-bond donors (Lipinski definition) is 1. The summed E-state index contributed by atoms with van der Waals surface area (Å²) in [6.07, 6.45) is 3.67. The molecule has 4 amide bonds. The number of amides is 4. The topological polar surface area (TPSA) is 82.6 Å². The van der Waals surface area contributed by atoms with Crippen molar-refractivity contribution in [2.24, 2.45) is 0 Å². The third-order valence-electron chi connectivity index (χ3n) is 6.43. The third-order valence-corrected chi connectivity index (χ3v) is 6.43. The highest BCUT2D eigenvalue weighted by Crippen LogP contribution is 2.28. The first-order valence-corrected chi connectivity index (χ1v) is 11.8. The molecule has 174 valence electrons. The lowest BCUT2D eigenvalue weighted by molar-refractivity contribution is -0.133. The van der Waals surface area contributed by atoms with E-state index in [1.165, 1.54) is 21.6 Å². The standard InChI is InChI=1S/C26H32N4O3/c1-18-6-3-7-20(12-18)14-21-13-19(2)28-23(15-21)22-8-4-10-29(17-22)24(31)9-5-11-30-25(32)16-27-26(30)33/h3,6-7,12-13,15,22H,4-5,8-11,14,16-17H2,1-2H3,(H,27,33)/t22-/m1/s1. The average molecular weight is 449 g/mol. The molecule has 0 radical (unpaired) electrons. The first kappa shape index (κ1) is 23.0. The van der Waals surface area contributed by atoms with Gasteiger partial charge in [-0.1, -0.05) is 29.8 Å². The van der Waals surface area contributed by atoms with Crippen LogP contribution >= 0.6 is 0 Å². The SMILES string of the molecule is Cc1cccc(Cc2cc(C)nc([C@@H]3CCCN(C(=O)CCCN4C(=O)CNC4=O)C3)c2)c1. The zero-order valence-corrected chi connectivity index (χ0v) is 19.5. The van der Waals surface area contributed by atoms with Crippen LogP contribution in [0.15, 0.2) is 36.4 Å². The van der Waals surface area contributed by atoms with Gasteiger partial charge in [-0.25, -0.2) is 4.79 Å². The molecule has 2 aliphatic heterocycles. The Hall–Kier alpha value is -3.22. The van der Waals surface area contributed by atoms with Gasteiger partial charge in [0.1, 0.15) is 0 Å². The molecule has 0 saturated carbocycles. The van der Waals surface area contributed by atoms with Gasteiger partial charge in [0.25, 0.3) is 0 Å². The van der Waals surface area contributed by atoms with E-state index in [0.717, 1.165) is 37.2 Å². The van der Waals surface area contributed by atoms with Gasteiger partial charge >= 0.3 is 6.03 Å². The maximum atomic E-state index is 12.8. The number of hydrogen-bond acceptors (Lipinski definition) is 4. The summed E-state index contributed by atoms with van der Waals surface area (Å²) < 4.78 is 0. The lowest BCUT2D eigenvalue weighted by Gasteiger charge is -2.33. The predicted molar refractivity (Wildman–Crippen MR) is 126 cm³/mol. The van der Waals surface area contributed by atoms with E-state index >= 15 is 0 Å². The lowest BCUT2D eigenvalue weighted by Crippen LogP contribution is -2.40. The van der Waals surface area contributed by atoms with Crippen LogP contribution in [0.5, 0.6) is 0 Å². The summed E-state index contributed by atoms with van der Waals surface area (Å²) in [5.41, 5.74) is 5.87. The van der Waals surface area contributed by atoms with E-state index in [9.17, 15) is 14.4 Å². The quantitative estimate of drug-likeness (QED) is 0.659. The van der Waals surface area contributed by atoms with Gasteiger partial charge in [-0.15, -0.1) is 0 Å². The molecule has 3 heterocycles. The van der Waals surface area contributed by atoms with Crippen molar-refractivity contribution in [1.29, 1.82) is 0 Å². The van der Waals surface area contributed by atoms with E-state index in [-0.39, 0.29) is 36.9 Å². The van der Waals surface area contributed by atoms with Crippen LogP contribution in [0.2, 0.25) is 0 Å². The number of likely N-dealkylation sites (tertiary alicyclic amines) is 1. The third kappa shape index (κ3) is 5.78. The predicted octanol–water partition coefficient (Wildman–Crippen LogP) is 3.33. The maximum Gasteiger partial charge on any atom is 0.324 e. The fourth-order valence-electron chi connectivity index (χ4n) is 4.81. The summed E-state index contributed by atoms with van der Waals surface area (Å²) in [5.74, 6) is 0.0849. The molecule has 0 unspecified atom stereocenters. The lowest BCUT2D eigenvalue weighted by atomic mass is 9.92. The number of rotatable bonds is 7. The summed E-state index contributed by atoms with van der Waals surface area (Å²) in [5, 5.41) is 2.51. The second-order valence-electron chi connectivity index (χ2n) is 9.19. The number of nitrogens with one attached hydrogen (secondary N) is 1. The Morgan fingerprint density at radius 1 is 1.15 bits per heavy atom. The first-order chi connectivity index (χ1) is 15.9. The van der Waals surface area contributed by atoms with Gasteiger partial charge in [0.15, 0.2) is 0 Å². The van der Waals surface area contributed by atoms with Crippen LogP contribution in [0.4, 0.5) is 4.79 Å². The summed E-state index contributed by atoms with van der Waals surface area (Å²) in [6, 6.07) is 12.6.